The van der Waals surface area contributed by atoms with Gasteiger partial charge in [-0.25, -0.2) is 0 Å². The van der Waals surface area contributed by atoms with E-state index in [-0.39, 0.29) is 17.7 Å². The van der Waals surface area contributed by atoms with Gasteiger partial charge in [-0.05, 0) is 6.42 Å². The summed E-state index contributed by atoms with van der Waals surface area (Å²) in [5, 5.41) is 2.56. The lowest BCUT2D eigenvalue weighted by Crippen LogP contribution is -2.20. The molecule has 0 bridgehead atoms. The van der Waals surface area contributed by atoms with Crippen LogP contribution in [0.15, 0.2) is 0 Å². The molecule has 0 unspecified atom stereocenters. The third-order valence-corrected chi connectivity index (χ3v) is 1.59. The molecule has 0 heterocycles. The monoisotopic (exact) mass is 123 g/mol. The molecule has 1 saturated carbocycles. The zero-order chi connectivity index (χ0) is 6.85. The Bertz CT molecular complexity index is 168. The molecule has 0 aromatic rings. The number of hydrogen-bond acceptors (Lipinski definition) is 1. The number of carbonyl (C=O) groups excluding carboxylic acids is 1. The molecule has 1 aliphatic rings. The van der Waals surface area contributed by atoms with E-state index in [0.29, 0.717) is 0 Å². The van der Waals surface area contributed by atoms with Gasteiger partial charge in [-0.1, -0.05) is 0 Å². The fourth-order valence-electron chi connectivity index (χ4n) is 0.854. The van der Waals surface area contributed by atoms with Crippen LogP contribution in [0.4, 0.5) is 0 Å². The summed E-state index contributed by atoms with van der Waals surface area (Å²) in [5.41, 5.74) is 0. The van der Waals surface area contributed by atoms with Crippen LogP contribution >= 0.6 is 0 Å². The molecule has 1 aliphatic carbocycles. The Kier molecular flexibility index (Phi) is 1.44. The van der Waals surface area contributed by atoms with E-state index in [9.17, 15) is 4.79 Å². The first kappa shape index (κ1) is 6.15. The topological polar surface area (TPSA) is 29.1 Å². The van der Waals surface area contributed by atoms with Crippen molar-refractivity contribution in [2.24, 2.45) is 11.8 Å². The van der Waals surface area contributed by atoms with Gasteiger partial charge in [0.15, 0.2) is 0 Å². The molecule has 2 heteroatoms. The third kappa shape index (κ3) is 1.05. The lowest BCUT2D eigenvalue weighted by atomic mass is 10.3. The van der Waals surface area contributed by atoms with Gasteiger partial charge in [-0.2, -0.15) is 0 Å². The van der Waals surface area contributed by atoms with E-state index >= 15 is 0 Å². The summed E-state index contributed by atoms with van der Waals surface area (Å²) in [6.45, 7) is 0. The second kappa shape index (κ2) is 2.10. The predicted molar refractivity (Wildman–Crippen MR) is 34.5 cm³/mol. The molecule has 2 atom stereocenters. The van der Waals surface area contributed by atoms with Crippen molar-refractivity contribution in [1.82, 2.24) is 5.32 Å². The fourth-order valence-corrected chi connectivity index (χ4v) is 0.854. The van der Waals surface area contributed by atoms with Gasteiger partial charge in [0.05, 0.1) is 5.92 Å². The maximum Gasteiger partial charge on any atom is 0.224 e. The molecule has 9 heavy (non-hydrogen) atoms. The van der Waals surface area contributed by atoms with Crippen molar-refractivity contribution < 1.29 is 4.79 Å². The van der Waals surface area contributed by atoms with E-state index in [2.05, 4.69) is 11.2 Å². The number of carbonyl (C=O) groups is 1. The highest BCUT2D eigenvalue weighted by atomic mass is 16.1. The lowest BCUT2D eigenvalue weighted by Gasteiger charge is -1.91. The summed E-state index contributed by atoms with van der Waals surface area (Å²) in [6, 6.07) is 0. The Balaban J connectivity index is 2.36. The summed E-state index contributed by atoms with van der Waals surface area (Å²) in [6.07, 6.45) is 5.96. The van der Waals surface area contributed by atoms with Crippen LogP contribution in [0.3, 0.4) is 0 Å². The highest BCUT2D eigenvalue weighted by Gasteiger charge is 2.40. The Morgan fingerprint density at radius 3 is 2.89 bits per heavy atom. The van der Waals surface area contributed by atoms with Gasteiger partial charge >= 0.3 is 0 Å². The molecule has 1 N–H and O–H groups in total. The Morgan fingerprint density at radius 1 is 1.89 bits per heavy atom. The SMILES string of the molecule is C#C[C@H]1C[C@@H]1C(=O)NC. The maximum absolute atomic E-state index is 10.7. The molecule has 1 rings (SSSR count). The van der Waals surface area contributed by atoms with Crippen molar-refractivity contribution in [2.45, 2.75) is 6.42 Å². The quantitative estimate of drug-likeness (QED) is 0.489. The first-order valence-corrected chi connectivity index (χ1v) is 2.97. The van der Waals surface area contributed by atoms with Crippen molar-refractivity contribution in [2.75, 3.05) is 7.05 Å². The average Bonchev–Trinajstić information content (AvgIpc) is 2.64. The molecule has 0 saturated heterocycles. The van der Waals surface area contributed by atoms with Gasteiger partial charge < -0.3 is 5.32 Å². The minimum absolute atomic E-state index is 0.0814. The van der Waals surface area contributed by atoms with Crippen molar-refractivity contribution in [1.29, 1.82) is 0 Å². The van der Waals surface area contributed by atoms with Gasteiger partial charge in [0.2, 0.25) is 5.91 Å². The van der Waals surface area contributed by atoms with Crippen LogP contribution in [0.5, 0.6) is 0 Å². The minimum atomic E-state index is 0.0814. The lowest BCUT2D eigenvalue weighted by molar-refractivity contribution is -0.121. The molecular formula is C7H9NO. The van der Waals surface area contributed by atoms with E-state index in [0.717, 1.165) is 6.42 Å². The van der Waals surface area contributed by atoms with Gasteiger partial charge in [0, 0.05) is 13.0 Å². The molecule has 48 valence electrons. The molecule has 0 radical (unpaired) electrons. The molecule has 0 aliphatic heterocycles. The van der Waals surface area contributed by atoms with Crippen LogP contribution in [-0.2, 0) is 4.79 Å². The summed E-state index contributed by atoms with van der Waals surface area (Å²) >= 11 is 0. The fraction of sp³-hybridized carbons (Fsp3) is 0.571. The van der Waals surface area contributed by atoms with Crippen LogP contribution in [-0.4, -0.2) is 13.0 Å². The third-order valence-electron chi connectivity index (χ3n) is 1.59. The number of terminal acetylenes is 1. The zero-order valence-electron chi connectivity index (χ0n) is 5.35. The summed E-state index contributed by atoms with van der Waals surface area (Å²) in [4.78, 5) is 10.7. The number of nitrogens with one attached hydrogen (secondary N) is 1. The Labute approximate surface area is 54.6 Å². The van der Waals surface area contributed by atoms with Crippen molar-refractivity contribution in [3.8, 4) is 12.3 Å². The van der Waals surface area contributed by atoms with E-state index in [1.165, 1.54) is 0 Å². The van der Waals surface area contributed by atoms with Crippen LogP contribution in [0, 0.1) is 24.2 Å². The van der Waals surface area contributed by atoms with E-state index < -0.39 is 0 Å². The molecule has 2 nitrogen and oxygen atoms in total. The molecule has 0 spiro atoms. The van der Waals surface area contributed by atoms with Gasteiger partial charge in [0.25, 0.3) is 0 Å². The van der Waals surface area contributed by atoms with Gasteiger partial charge in [-0.3, -0.25) is 4.79 Å². The van der Waals surface area contributed by atoms with Crippen molar-refractivity contribution in [3.63, 3.8) is 0 Å². The van der Waals surface area contributed by atoms with Crippen LogP contribution in [0.25, 0.3) is 0 Å². The van der Waals surface area contributed by atoms with Crippen LogP contribution in [0.1, 0.15) is 6.42 Å². The first-order chi connectivity index (χ1) is 4.29. The molecule has 0 aromatic carbocycles. The summed E-state index contributed by atoms with van der Waals surface area (Å²) < 4.78 is 0. The number of hydrogen-bond donors (Lipinski definition) is 1. The van der Waals surface area contributed by atoms with E-state index in [4.69, 9.17) is 6.42 Å². The highest BCUT2D eigenvalue weighted by molar-refractivity contribution is 5.81. The zero-order valence-corrected chi connectivity index (χ0v) is 5.35. The minimum Gasteiger partial charge on any atom is -0.359 e. The largest absolute Gasteiger partial charge is 0.359 e. The average molecular weight is 123 g/mol. The van der Waals surface area contributed by atoms with Crippen LogP contribution in [0.2, 0.25) is 0 Å². The molecule has 1 fully saturated rings. The summed E-state index contributed by atoms with van der Waals surface area (Å²) in [7, 11) is 1.63. The van der Waals surface area contributed by atoms with Crippen molar-refractivity contribution >= 4 is 5.91 Å². The smallest absolute Gasteiger partial charge is 0.224 e. The molecule has 0 aromatic heterocycles. The second-order valence-electron chi connectivity index (χ2n) is 2.23. The Morgan fingerprint density at radius 2 is 2.56 bits per heavy atom. The molecule has 1 amide bonds. The second-order valence-corrected chi connectivity index (χ2v) is 2.23. The summed E-state index contributed by atoms with van der Waals surface area (Å²) in [5.74, 6) is 2.95. The standard InChI is InChI=1S/C7H9NO/c1-3-5-4-6(5)7(9)8-2/h1,5-6H,4H2,2H3,(H,8,9)/t5-,6-/m0/s1. The highest BCUT2D eigenvalue weighted by Crippen LogP contribution is 2.37. The first-order valence-electron chi connectivity index (χ1n) is 2.97. The van der Waals surface area contributed by atoms with Gasteiger partial charge in [0.1, 0.15) is 0 Å². The van der Waals surface area contributed by atoms with Crippen LogP contribution < -0.4 is 5.32 Å². The maximum atomic E-state index is 10.7. The number of amides is 1. The van der Waals surface area contributed by atoms with E-state index in [1.807, 2.05) is 0 Å². The predicted octanol–water partition coefficient (Wildman–Crippen LogP) is 0.00170. The van der Waals surface area contributed by atoms with Crippen molar-refractivity contribution in [3.05, 3.63) is 0 Å². The Hall–Kier alpha value is -0.970. The van der Waals surface area contributed by atoms with Gasteiger partial charge in [-0.15, -0.1) is 12.3 Å². The molecular weight excluding hydrogens is 114 g/mol. The number of rotatable bonds is 1. The normalized spacial score (nSPS) is 30.7. The van der Waals surface area contributed by atoms with E-state index in [1.54, 1.807) is 7.05 Å².